The first-order valence-corrected chi connectivity index (χ1v) is 13.2. The summed E-state index contributed by atoms with van der Waals surface area (Å²) in [5, 5.41) is 3.09. The van der Waals surface area contributed by atoms with E-state index in [0.717, 1.165) is 83.0 Å². The Morgan fingerprint density at radius 1 is 1.00 bits per heavy atom. The molecule has 0 atom stereocenters. The van der Waals surface area contributed by atoms with Crippen LogP contribution in [0.2, 0.25) is 0 Å². The van der Waals surface area contributed by atoms with Crippen molar-refractivity contribution in [3.63, 3.8) is 0 Å². The van der Waals surface area contributed by atoms with Crippen molar-refractivity contribution in [2.24, 2.45) is 0 Å². The Hall–Kier alpha value is -1.96. The molecule has 34 heavy (non-hydrogen) atoms. The van der Waals surface area contributed by atoms with E-state index in [-0.39, 0.29) is 11.8 Å². The van der Waals surface area contributed by atoms with Crippen molar-refractivity contribution >= 4 is 17.5 Å². The van der Waals surface area contributed by atoms with Gasteiger partial charge in [-0.15, -0.1) is 0 Å². The molecule has 2 amide bonds. The average Bonchev–Trinajstić information content (AvgIpc) is 2.82. The highest BCUT2D eigenvalue weighted by Crippen LogP contribution is 2.26. The van der Waals surface area contributed by atoms with Gasteiger partial charge in [0, 0.05) is 56.9 Å². The Balaban J connectivity index is 1.72. The third-order valence-electron chi connectivity index (χ3n) is 6.98. The Morgan fingerprint density at radius 3 is 2.41 bits per heavy atom. The summed E-state index contributed by atoms with van der Waals surface area (Å²) in [6.45, 7) is 13.8. The summed E-state index contributed by atoms with van der Waals surface area (Å²) in [6, 6.07) is 6.25. The lowest BCUT2D eigenvalue weighted by Crippen LogP contribution is -2.38. The summed E-state index contributed by atoms with van der Waals surface area (Å²) in [6.07, 6.45) is 6.71. The number of carbonyl (C=O) groups excluding carboxylic acids is 2. The molecule has 1 fully saturated rings. The standard InChI is InChI=1S/C27H44N4O3/c1-22(2)30-14-7-5-4-6-8-15-31(23(3)32)26-11-10-24(20-25(26)21-30)27(33)28-12-9-13-29-16-18-34-19-17-29/h10-11,20,22H,4-9,12-19,21H2,1-3H3,(H,28,33). The first-order valence-electron chi connectivity index (χ1n) is 13.2. The number of morpholine rings is 1. The van der Waals surface area contributed by atoms with Crippen LogP contribution in [-0.2, 0) is 16.1 Å². The molecule has 3 rings (SSSR count). The molecule has 2 heterocycles. The van der Waals surface area contributed by atoms with Gasteiger partial charge in [-0.1, -0.05) is 19.3 Å². The van der Waals surface area contributed by atoms with Crippen molar-refractivity contribution in [1.29, 1.82) is 0 Å². The van der Waals surface area contributed by atoms with Crippen LogP contribution < -0.4 is 10.2 Å². The lowest BCUT2D eigenvalue weighted by Gasteiger charge is -2.31. The molecular formula is C27H44N4O3. The second kappa shape index (κ2) is 13.8. The van der Waals surface area contributed by atoms with Gasteiger partial charge in [-0.25, -0.2) is 0 Å². The highest BCUT2D eigenvalue weighted by Gasteiger charge is 2.21. The van der Waals surface area contributed by atoms with Gasteiger partial charge in [0.25, 0.3) is 5.91 Å². The predicted octanol–water partition coefficient (Wildman–Crippen LogP) is 3.67. The number of anilines is 1. The zero-order valence-electron chi connectivity index (χ0n) is 21.5. The van der Waals surface area contributed by atoms with Gasteiger partial charge >= 0.3 is 0 Å². The Kier molecular flexibility index (Phi) is 10.8. The van der Waals surface area contributed by atoms with E-state index < -0.39 is 0 Å². The molecule has 0 aromatic heterocycles. The number of nitrogens with one attached hydrogen (secondary N) is 1. The van der Waals surface area contributed by atoms with Gasteiger partial charge < -0.3 is 15.0 Å². The van der Waals surface area contributed by atoms with Gasteiger partial charge in [0.15, 0.2) is 0 Å². The quantitative estimate of drug-likeness (QED) is 0.640. The topological polar surface area (TPSA) is 65.1 Å². The molecular weight excluding hydrogens is 428 g/mol. The maximum Gasteiger partial charge on any atom is 0.251 e. The molecule has 0 saturated carbocycles. The molecule has 7 heteroatoms. The normalized spacial score (nSPS) is 19.2. The van der Waals surface area contributed by atoms with Crippen LogP contribution >= 0.6 is 0 Å². The van der Waals surface area contributed by atoms with Gasteiger partial charge in [-0.3, -0.25) is 19.4 Å². The number of fused-ring (bicyclic) bond motifs is 1. The molecule has 0 unspecified atom stereocenters. The fourth-order valence-corrected chi connectivity index (χ4v) is 4.85. The minimum absolute atomic E-state index is 0.0404. The summed E-state index contributed by atoms with van der Waals surface area (Å²) in [5.41, 5.74) is 2.68. The zero-order valence-corrected chi connectivity index (χ0v) is 21.5. The smallest absolute Gasteiger partial charge is 0.251 e. The maximum absolute atomic E-state index is 13.0. The van der Waals surface area contributed by atoms with Gasteiger partial charge in [-0.2, -0.15) is 0 Å². The van der Waals surface area contributed by atoms with Gasteiger partial charge in [0.05, 0.1) is 13.2 Å². The molecule has 7 nitrogen and oxygen atoms in total. The molecule has 0 spiro atoms. The van der Waals surface area contributed by atoms with Crippen LogP contribution in [0.3, 0.4) is 0 Å². The van der Waals surface area contributed by atoms with Crippen LogP contribution in [0.5, 0.6) is 0 Å². The largest absolute Gasteiger partial charge is 0.379 e. The molecule has 1 aromatic carbocycles. The summed E-state index contributed by atoms with van der Waals surface area (Å²) in [5.74, 6) is 0.0242. The lowest BCUT2D eigenvalue weighted by molar-refractivity contribution is -0.116. The molecule has 1 aromatic rings. The van der Waals surface area contributed by atoms with E-state index in [1.165, 1.54) is 19.3 Å². The Labute approximate surface area is 205 Å². The molecule has 0 bridgehead atoms. The Bertz CT molecular complexity index is 792. The molecule has 0 aliphatic carbocycles. The zero-order chi connectivity index (χ0) is 24.3. The van der Waals surface area contributed by atoms with Crippen molar-refractivity contribution < 1.29 is 14.3 Å². The minimum atomic E-state index is -0.0404. The average molecular weight is 473 g/mol. The molecule has 1 saturated heterocycles. The molecule has 0 radical (unpaired) electrons. The van der Waals surface area contributed by atoms with Crippen molar-refractivity contribution in [3.8, 4) is 0 Å². The van der Waals surface area contributed by atoms with Crippen molar-refractivity contribution in [2.45, 2.75) is 71.9 Å². The van der Waals surface area contributed by atoms with E-state index in [4.69, 9.17) is 4.74 Å². The van der Waals surface area contributed by atoms with Crippen LogP contribution in [0.15, 0.2) is 18.2 Å². The summed E-state index contributed by atoms with van der Waals surface area (Å²) < 4.78 is 5.40. The number of hydrogen-bond acceptors (Lipinski definition) is 5. The highest BCUT2D eigenvalue weighted by molar-refractivity contribution is 5.97. The van der Waals surface area contributed by atoms with Crippen LogP contribution in [0.25, 0.3) is 0 Å². The molecule has 190 valence electrons. The SMILES string of the molecule is CC(=O)N1CCCCCCCN(C(C)C)Cc2cc(C(=O)NCCCN3CCOCC3)ccc21. The first-order chi connectivity index (χ1) is 16.5. The highest BCUT2D eigenvalue weighted by atomic mass is 16.5. The maximum atomic E-state index is 13.0. The molecule has 2 aliphatic heterocycles. The predicted molar refractivity (Wildman–Crippen MR) is 137 cm³/mol. The van der Waals surface area contributed by atoms with Crippen LogP contribution in [0, 0.1) is 0 Å². The summed E-state index contributed by atoms with van der Waals surface area (Å²) in [7, 11) is 0. The van der Waals surface area contributed by atoms with Gasteiger partial charge in [-0.05, 0) is 70.0 Å². The van der Waals surface area contributed by atoms with E-state index in [1.807, 2.05) is 23.1 Å². The van der Waals surface area contributed by atoms with E-state index >= 15 is 0 Å². The third kappa shape index (κ3) is 8.07. The minimum Gasteiger partial charge on any atom is -0.379 e. The van der Waals surface area contributed by atoms with Gasteiger partial charge in [0.2, 0.25) is 5.91 Å². The van der Waals surface area contributed by atoms with Crippen molar-refractivity contribution in [2.75, 3.05) is 57.4 Å². The van der Waals surface area contributed by atoms with E-state index in [0.29, 0.717) is 18.2 Å². The number of rotatable bonds is 6. The number of amides is 2. The molecule has 2 aliphatic rings. The number of carbonyl (C=O) groups is 2. The Morgan fingerprint density at radius 2 is 1.71 bits per heavy atom. The number of benzene rings is 1. The second-order valence-electron chi connectivity index (χ2n) is 9.91. The van der Waals surface area contributed by atoms with E-state index in [2.05, 4.69) is 29.0 Å². The summed E-state index contributed by atoms with van der Waals surface area (Å²) >= 11 is 0. The summed E-state index contributed by atoms with van der Waals surface area (Å²) in [4.78, 5) is 32.2. The number of ether oxygens (including phenoxy) is 1. The number of hydrogen-bond donors (Lipinski definition) is 1. The van der Waals surface area contributed by atoms with Crippen molar-refractivity contribution in [1.82, 2.24) is 15.1 Å². The monoisotopic (exact) mass is 472 g/mol. The van der Waals surface area contributed by atoms with Crippen LogP contribution in [0.4, 0.5) is 5.69 Å². The second-order valence-corrected chi connectivity index (χ2v) is 9.91. The van der Waals surface area contributed by atoms with Gasteiger partial charge in [0.1, 0.15) is 0 Å². The lowest BCUT2D eigenvalue weighted by atomic mass is 10.0. The first kappa shape index (κ1) is 26.6. The van der Waals surface area contributed by atoms with Crippen molar-refractivity contribution in [3.05, 3.63) is 29.3 Å². The molecule has 1 N–H and O–H groups in total. The van der Waals surface area contributed by atoms with E-state index in [1.54, 1.807) is 6.92 Å². The number of nitrogens with zero attached hydrogens (tertiary/aromatic N) is 3. The van der Waals surface area contributed by atoms with Crippen LogP contribution in [-0.4, -0.2) is 80.1 Å². The fourth-order valence-electron chi connectivity index (χ4n) is 4.85. The van der Waals surface area contributed by atoms with Crippen LogP contribution in [0.1, 0.15) is 75.2 Å². The third-order valence-corrected chi connectivity index (χ3v) is 6.98. The van der Waals surface area contributed by atoms with E-state index in [9.17, 15) is 9.59 Å². The fraction of sp³-hybridized carbons (Fsp3) is 0.704.